The van der Waals surface area contributed by atoms with Crippen LogP contribution in [0.15, 0.2) is 12.3 Å². The highest BCUT2D eigenvalue weighted by atomic mass is 32.1. The Morgan fingerprint density at radius 2 is 2.23 bits per heavy atom. The first-order chi connectivity index (χ1) is 6.14. The molecule has 1 aromatic heterocycles. The Balaban J connectivity index is 2.82. The second kappa shape index (κ2) is 4.17. The fourth-order valence-corrected chi connectivity index (χ4v) is 2.04. The summed E-state index contributed by atoms with van der Waals surface area (Å²) in [5, 5.41) is 10.1. The normalized spacial score (nSPS) is 14.5. The molecule has 1 atom stereocenters. The van der Waals surface area contributed by atoms with E-state index >= 15 is 0 Å². The van der Waals surface area contributed by atoms with Crippen molar-refractivity contribution in [2.45, 2.75) is 38.3 Å². The first kappa shape index (κ1) is 10.6. The summed E-state index contributed by atoms with van der Waals surface area (Å²) in [4.78, 5) is 0.950. The molecule has 0 aliphatic carbocycles. The van der Waals surface area contributed by atoms with Crippen molar-refractivity contribution in [1.82, 2.24) is 4.37 Å². The van der Waals surface area contributed by atoms with Crippen molar-refractivity contribution >= 4 is 11.5 Å². The summed E-state index contributed by atoms with van der Waals surface area (Å²) in [6.45, 7) is 3.90. The molecule has 0 aliphatic rings. The highest BCUT2D eigenvalue weighted by molar-refractivity contribution is 7.05. The third-order valence-electron chi connectivity index (χ3n) is 2.57. The van der Waals surface area contributed by atoms with Crippen molar-refractivity contribution < 1.29 is 5.11 Å². The molecular formula is C9H16N2OS. The smallest absolute Gasteiger partial charge is 0.0842 e. The van der Waals surface area contributed by atoms with E-state index in [1.807, 2.05) is 19.9 Å². The SMILES string of the molecule is CCC(O)(CC)C(N)c1ccns1. The van der Waals surface area contributed by atoms with Crippen molar-refractivity contribution in [2.24, 2.45) is 5.73 Å². The van der Waals surface area contributed by atoms with Crippen LogP contribution in [-0.4, -0.2) is 15.1 Å². The largest absolute Gasteiger partial charge is 0.388 e. The molecule has 0 bridgehead atoms. The fraction of sp³-hybridized carbons (Fsp3) is 0.667. The Morgan fingerprint density at radius 1 is 1.62 bits per heavy atom. The van der Waals surface area contributed by atoms with Gasteiger partial charge in [0.1, 0.15) is 0 Å². The lowest BCUT2D eigenvalue weighted by Gasteiger charge is -2.30. The molecule has 1 aromatic rings. The van der Waals surface area contributed by atoms with E-state index in [2.05, 4.69) is 4.37 Å². The first-order valence-corrected chi connectivity index (χ1v) is 5.30. The van der Waals surface area contributed by atoms with E-state index in [-0.39, 0.29) is 6.04 Å². The lowest BCUT2D eigenvalue weighted by molar-refractivity contribution is 0.00671. The van der Waals surface area contributed by atoms with Gasteiger partial charge in [-0.2, -0.15) is 0 Å². The highest BCUT2D eigenvalue weighted by Gasteiger charge is 2.32. The molecule has 0 amide bonds. The van der Waals surface area contributed by atoms with Gasteiger partial charge in [0, 0.05) is 11.1 Å². The van der Waals surface area contributed by atoms with E-state index in [1.165, 1.54) is 11.5 Å². The van der Waals surface area contributed by atoms with E-state index in [0.29, 0.717) is 12.8 Å². The van der Waals surface area contributed by atoms with Crippen LogP contribution in [-0.2, 0) is 0 Å². The molecule has 1 unspecified atom stereocenters. The lowest BCUT2D eigenvalue weighted by atomic mass is 9.88. The molecule has 0 fully saturated rings. The molecule has 0 saturated heterocycles. The number of hydrogen-bond acceptors (Lipinski definition) is 4. The van der Waals surface area contributed by atoms with Gasteiger partial charge in [-0.05, 0) is 30.4 Å². The van der Waals surface area contributed by atoms with Crippen LogP contribution in [0.1, 0.15) is 37.6 Å². The van der Waals surface area contributed by atoms with Crippen LogP contribution in [0.25, 0.3) is 0 Å². The highest BCUT2D eigenvalue weighted by Crippen LogP contribution is 2.30. The summed E-state index contributed by atoms with van der Waals surface area (Å²) in [5.41, 5.74) is 5.17. The fourth-order valence-electron chi connectivity index (χ4n) is 1.34. The molecule has 0 aliphatic heterocycles. The Morgan fingerprint density at radius 3 is 2.62 bits per heavy atom. The zero-order valence-corrected chi connectivity index (χ0v) is 8.84. The predicted molar refractivity (Wildman–Crippen MR) is 54.6 cm³/mol. The number of aliphatic hydroxyl groups is 1. The van der Waals surface area contributed by atoms with Gasteiger partial charge in [-0.25, -0.2) is 4.37 Å². The third kappa shape index (κ3) is 2.07. The standard InChI is InChI=1S/C9H16N2OS/c1-3-9(12,4-2)8(10)7-5-6-11-13-7/h5-6,8,12H,3-4,10H2,1-2H3. The average molecular weight is 200 g/mol. The molecule has 1 rings (SSSR count). The van der Waals surface area contributed by atoms with E-state index in [9.17, 15) is 5.11 Å². The summed E-state index contributed by atoms with van der Waals surface area (Å²) in [5.74, 6) is 0. The van der Waals surface area contributed by atoms with Gasteiger partial charge in [-0.3, -0.25) is 0 Å². The van der Waals surface area contributed by atoms with Gasteiger partial charge in [0.05, 0.1) is 11.6 Å². The van der Waals surface area contributed by atoms with Gasteiger partial charge < -0.3 is 10.8 Å². The van der Waals surface area contributed by atoms with Gasteiger partial charge in [0.15, 0.2) is 0 Å². The van der Waals surface area contributed by atoms with E-state index in [0.717, 1.165) is 4.88 Å². The van der Waals surface area contributed by atoms with Crippen LogP contribution in [0.2, 0.25) is 0 Å². The van der Waals surface area contributed by atoms with Crippen molar-refractivity contribution in [3.8, 4) is 0 Å². The number of aromatic nitrogens is 1. The van der Waals surface area contributed by atoms with Crippen molar-refractivity contribution in [2.75, 3.05) is 0 Å². The quantitative estimate of drug-likeness (QED) is 0.777. The minimum atomic E-state index is -0.785. The first-order valence-electron chi connectivity index (χ1n) is 4.52. The van der Waals surface area contributed by atoms with Crippen molar-refractivity contribution in [3.63, 3.8) is 0 Å². The van der Waals surface area contributed by atoms with Crippen LogP contribution in [0.5, 0.6) is 0 Å². The number of nitrogens with two attached hydrogens (primary N) is 1. The van der Waals surface area contributed by atoms with Gasteiger partial charge in [-0.1, -0.05) is 13.8 Å². The minimum absolute atomic E-state index is 0.310. The molecular weight excluding hydrogens is 184 g/mol. The van der Waals surface area contributed by atoms with Crippen molar-refractivity contribution in [3.05, 3.63) is 17.1 Å². The maximum Gasteiger partial charge on any atom is 0.0842 e. The van der Waals surface area contributed by atoms with Gasteiger partial charge in [0.25, 0.3) is 0 Å². The van der Waals surface area contributed by atoms with Crippen LogP contribution in [0.4, 0.5) is 0 Å². The molecule has 0 saturated carbocycles. The van der Waals surface area contributed by atoms with Gasteiger partial charge >= 0.3 is 0 Å². The summed E-state index contributed by atoms with van der Waals surface area (Å²) >= 11 is 1.35. The van der Waals surface area contributed by atoms with Gasteiger partial charge in [-0.15, -0.1) is 0 Å². The van der Waals surface area contributed by atoms with Crippen LogP contribution < -0.4 is 5.73 Å². The zero-order chi connectivity index (χ0) is 9.90. The Kier molecular flexibility index (Phi) is 3.41. The summed E-state index contributed by atoms with van der Waals surface area (Å²) in [6, 6.07) is 1.56. The topological polar surface area (TPSA) is 59.1 Å². The zero-order valence-electron chi connectivity index (χ0n) is 8.03. The molecule has 3 N–H and O–H groups in total. The van der Waals surface area contributed by atoms with Crippen LogP contribution >= 0.6 is 11.5 Å². The molecule has 0 radical (unpaired) electrons. The van der Waals surface area contributed by atoms with E-state index in [1.54, 1.807) is 6.20 Å². The summed E-state index contributed by atoms with van der Waals surface area (Å²) < 4.78 is 3.98. The molecule has 3 nitrogen and oxygen atoms in total. The van der Waals surface area contributed by atoms with Crippen LogP contribution in [0.3, 0.4) is 0 Å². The van der Waals surface area contributed by atoms with Gasteiger partial charge in [0.2, 0.25) is 0 Å². The molecule has 13 heavy (non-hydrogen) atoms. The molecule has 1 heterocycles. The minimum Gasteiger partial charge on any atom is -0.388 e. The Labute approximate surface area is 82.8 Å². The molecule has 4 heteroatoms. The Bertz CT molecular complexity index is 244. The maximum atomic E-state index is 10.1. The maximum absolute atomic E-state index is 10.1. The van der Waals surface area contributed by atoms with E-state index < -0.39 is 5.60 Å². The van der Waals surface area contributed by atoms with Crippen molar-refractivity contribution in [1.29, 1.82) is 0 Å². The predicted octanol–water partition coefficient (Wildman–Crippen LogP) is 1.69. The molecule has 0 spiro atoms. The summed E-state index contributed by atoms with van der Waals surface area (Å²) in [6.07, 6.45) is 3.05. The second-order valence-corrected chi connectivity index (χ2v) is 4.07. The number of rotatable bonds is 4. The monoisotopic (exact) mass is 200 g/mol. The average Bonchev–Trinajstić information content (AvgIpc) is 2.68. The Hall–Kier alpha value is -0.450. The number of hydrogen-bond donors (Lipinski definition) is 2. The molecule has 74 valence electrons. The van der Waals surface area contributed by atoms with Crippen LogP contribution in [0, 0.1) is 0 Å². The third-order valence-corrected chi connectivity index (χ3v) is 3.40. The second-order valence-electron chi connectivity index (χ2n) is 3.20. The lowest BCUT2D eigenvalue weighted by Crippen LogP contribution is -2.39. The molecule has 0 aromatic carbocycles. The van der Waals surface area contributed by atoms with E-state index in [4.69, 9.17) is 5.73 Å². The summed E-state index contributed by atoms with van der Waals surface area (Å²) in [7, 11) is 0. The number of nitrogens with zero attached hydrogens (tertiary/aromatic N) is 1.